The van der Waals surface area contributed by atoms with Crippen molar-refractivity contribution in [1.82, 2.24) is 0 Å². The molecule has 0 aromatic heterocycles. The highest BCUT2D eigenvalue weighted by atomic mass is 16.5. The summed E-state index contributed by atoms with van der Waals surface area (Å²) < 4.78 is 11.4. The Morgan fingerprint density at radius 3 is 2.50 bits per heavy atom. The minimum absolute atomic E-state index is 0.521. The summed E-state index contributed by atoms with van der Waals surface area (Å²) in [5.74, 6) is 1.78. The van der Waals surface area contributed by atoms with Gasteiger partial charge in [0, 0.05) is 22.5 Å². The predicted molar refractivity (Wildman–Crippen MR) is 96.1 cm³/mol. The quantitative estimate of drug-likeness (QED) is 0.669. The fourth-order valence-corrected chi connectivity index (χ4v) is 3.09. The number of para-hydroxylation sites is 2. The maximum Gasteiger partial charge on any atom is 0.124 e. The van der Waals surface area contributed by atoms with Crippen molar-refractivity contribution in [2.75, 3.05) is 12.0 Å². The van der Waals surface area contributed by atoms with E-state index in [0.717, 1.165) is 29.3 Å². The summed E-state index contributed by atoms with van der Waals surface area (Å²) in [4.78, 5) is 2.33. The van der Waals surface area contributed by atoms with Crippen molar-refractivity contribution in [3.63, 3.8) is 0 Å². The molecule has 0 aliphatic carbocycles. The molecule has 120 valence electrons. The molecule has 0 bridgehead atoms. The zero-order valence-corrected chi connectivity index (χ0v) is 13.6. The van der Waals surface area contributed by atoms with Gasteiger partial charge in [0.05, 0.1) is 13.7 Å². The van der Waals surface area contributed by atoms with Gasteiger partial charge in [-0.15, -0.1) is 0 Å². The summed E-state index contributed by atoms with van der Waals surface area (Å²) >= 11 is 0. The molecule has 0 radical (unpaired) electrons. The Morgan fingerprint density at radius 2 is 1.67 bits per heavy atom. The van der Waals surface area contributed by atoms with E-state index in [0.29, 0.717) is 6.61 Å². The molecule has 0 fully saturated rings. The number of methoxy groups -OCH3 is 1. The molecule has 1 aliphatic rings. The Labute approximate surface area is 142 Å². The van der Waals surface area contributed by atoms with Gasteiger partial charge >= 0.3 is 0 Å². The second-order valence-electron chi connectivity index (χ2n) is 5.81. The molecule has 0 saturated heterocycles. The van der Waals surface area contributed by atoms with E-state index in [-0.39, 0.29) is 0 Å². The van der Waals surface area contributed by atoms with Crippen LogP contribution >= 0.6 is 0 Å². The molecule has 1 aliphatic heterocycles. The van der Waals surface area contributed by atoms with Crippen molar-refractivity contribution >= 4 is 11.4 Å². The van der Waals surface area contributed by atoms with Gasteiger partial charge in [-0.2, -0.15) is 0 Å². The van der Waals surface area contributed by atoms with E-state index in [1.807, 2.05) is 24.3 Å². The van der Waals surface area contributed by atoms with Crippen LogP contribution in [0.25, 0.3) is 0 Å². The SMILES string of the molecule is COc1ccc2c(c1)COc1ccccc1CN2c1ccccc1. The first-order valence-electron chi connectivity index (χ1n) is 8.05. The lowest BCUT2D eigenvalue weighted by Gasteiger charge is -2.30. The van der Waals surface area contributed by atoms with Gasteiger partial charge in [-0.1, -0.05) is 36.4 Å². The molecule has 0 unspecified atom stereocenters. The predicted octanol–water partition coefficient (Wildman–Crippen LogP) is 4.93. The smallest absolute Gasteiger partial charge is 0.124 e. The van der Waals surface area contributed by atoms with Crippen molar-refractivity contribution in [1.29, 1.82) is 0 Å². The van der Waals surface area contributed by atoms with Crippen LogP contribution in [0.3, 0.4) is 0 Å². The molecule has 24 heavy (non-hydrogen) atoms. The summed E-state index contributed by atoms with van der Waals surface area (Å²) in [7, 11) is 1.69. The van der Waals surface area contributed by atoms with Crippen LogP contribution in [0, 0.1) is 0 Å². The molecule has 0 N–H and O–H groups in total. The molecule has 0 amide bonds. The van der Waals surface area contributed by atoms with Crippen LogP contribution in [-0.4, -0.2) is 7.11 Å². The highest BCUT2D eigenvalue weighted by molar-refractivity contribution is 5.68. The van der Waals surface area contributed by atoms with Gasteiger partial charge in [-0.05, 0) is 36.4 Å². The number of hydrogen-bond acceptors (Lipinski definition) is 3. The van der Waals surface area contributed by atoms with Crippen LogP contribution in [0.4, 0.5) is 11.4 Å². The number of benzene rings is 3. The van der Waals surface area contributed by atoms with Crippen LogP contribution < -0.4 is 14.4 Å². The lowest BCUT2D eigenvalue weighted by atomic mass is 10.1. The number of nitrogens with zero attached hydrogens (tertiary/aromatic N) is 1. The number of rotatable bonds is 2. The fourth-order valence-electron chi connectivity index (χ4n) is 3.09. The third kappa shape index (κ3) is 2.69. The van der Waals surface area contributed by atoms with Gasteiger partial charge in [0.15, 0.2) is 0 Å². The molecular weight excluding hydrogens is 298 g/mol. The van der Waals surface area contributed by atoms with Gasteiger partial charge in [0.25, 0.3) is 0 Å². The molecule has 0 atom stereocenters. The van der Waals surface area contributed by atoms with Gasteiger partial charge in [0.1, 0.15) is 18.1 Å². The van der Waals surface area contributed by atoms with E-state index in [9.17, 15) is 0 Å². The molecule has 3 nitrogen and oxygen atoms in total. The molecule has 3 aromatic carbocycles. The summed E-state index contributed by atoms with van der Waals surface area (Å²) in [6.45, 7) is 1.28. The third-order valence-corrected chi connectivity index (χ3v) is 4.33. The number of anilines is 2. The van der Waals surface area contributed by atoms with Gasteiger partial charge < -0.3 is 14.4 Å². The summed E-state index contributed by atoms with van der Waals surface area (Å²) in [5, 5.41) is 0. The van der Waals surface area contributed by atoms with E-state index in [2.05, 4.69) is 53.4 Å². The van der Waals surface area contributed by atoms with E-state index in [4.69, 9.17) is 9.47 Å². The average Bonchev–Trinajstić information content (AvgIpc) is 2.64. The maximum atomic E-state index is 6.06. The normalized spacial score (nSPS) is 13.1. The van der Waals surface area contributed by atoms with Gasteiger partial charge in [-0.3, -0.25) is 0 Å². The first-order chi connectivity index (χ1) is 11.8. The third-order valence-electron chi connectivity index (χ3n) is 4.33. The van der Waals surface area contributed by atoms with E-state index in [1.54, 1.807) is 7.11 Å². The highest BCUT2D eigenvalue weighted by Crippen LogP contribution is 2.36. The molecule has 1 heterocycles. The van der Waals surface area contributed by atoms with Crippen LogP contribution in [0.5, 0.6) is 11.5 Å². The van der Waals surface area contributed by atoms with Crippen LogP contribution in [0.2, 0.25) is 0 Å². The Morgan fingerprint density at radius 1 is 0.875 bits per heavy atom. The lowest BCUT2D eigenvalue weighted by Crippen LogP contribution is -2.21. The first-order valence-corrected chi connectivity index (χ1v) is 8.05. The number of fused-ring (bicyclic) bond motifs is 2. The van der Waals surface area contributed by atoms with Gasteiger partial charge in [0.2, 0.25) is 0 Å². The molecule has 0 saturated carbocycles. The number of ether oxygens (including phenoxy) is 2. The Hall–Kier alpha value is -2.94. The summed E-state index contributed by atoms with van der Waals surface area (Å²) in [6.07, 6.45) is 0. The monoisotopic (exact) mass is 317 g/mol. The number of hydrogen-bond donors (Lipinski definition) is 0. The van der Waals surface area contributed by atoms with E-state index < -0.39 is 0 Å². The Balaban J connectivity index is 1.85. The average molecular weight is 317 g/mol. The van der Waals surface area contributed by atoms with E-state index in [1.165, 1.54) is 11.3 Å². The van der Waals surface area contributed by atoms with Crippen molar-refractivity contribution in [3.8, 4) is 11.5 Å². The maximum absolute atomic E-state index is 6.06. The largest absolute Gasteiger partial charge is 0.497 e. The fraction of sp³-hybridized carbons (Fsp3) is 0.143. The van der Waals surface area contributed by atoms with Crippen molar-refractivity contribution < 1.29 is 9.47 Å². The molecule has 3 aromatic rings. The zero-order chi connectivity index (χ0) is 16.4. The van der Waals surface area contributed by atoms with Crippen LogP contribution in [-0.2, 0) is 13.2 Å². The van der Waals surface area contributed by atoms with Crippen molar-refractivity contribution in [2.24, 2.45) is 0 Å². The second kappa shape index (κ2) is 6.28. The lowest BCUT2D eigenvalue weighted by molar-refractivity contribution is 0.300. The van der Waals surface area contributed by atoms with E-state index >= 15 is 0 Å². The minimum Gasteiger partial charge on any atom is -0.497 e. The molecular formula is C21H19NO2. The van der Waals surface area contributed by atoms with Crippen LogP contribution in [0.1, 0.15) is 11.1 Å². The Bertz CT molecular complexity index is 845. The Kier molecular flexibility index (Phi) is 3.83. The highest BCUT2D eigenvalue weighted by Gasteiger charge is 2.20. The topological polar surface area (TPSA) is 21.7 Å². The summed E-state index contributed by atoms with van der Waals surface area (Å²) in [6, 6.07) is 24.8. The molecule has 0 spiro atoms. The first kappa shape index (κ1) is 14.6. The minimum atomic E-state index is 0.521. The molecule has 3 heteroatoms. The zero-order valence-electron chi connectivity index (χ0n) is 13.6. The van der Waals surface area contributed by atoms with Crippen molar-refractivity contribution in [2.45, 2.75) is 13.2 Å². The molecule has 4 rings (SSSR count). The van der Waals surface area contributed by atoms with Crippen molar-refractivity contribution in [3.05, 3.63) is 83.9 Å². The summed E-state index contributed by atoms with van der Waals surface area (Å²) in [5.41, 5.74) is 4.62. The van der Waals surface area contributed by atoms with Gasteiger partial charge in [-0.25, -0.2) is 0 Å². The second-order valence-corrected chi connectivity index (χ2v) is 5.81. The standard InChI is InChI=1S/C21H19NO2/c1-23-19-11-12-20-17(13-19)15-24-21-10-6-5-7-16(21)14-22(20)18-8-3-2-4-9-18/h2-13H,14-15H2,1H3. The van der Waals surface area contributed by atoms with Crippen LogP contribution in [0.15, 0.2) is 72.8 Å².